The highest BCUT2D eigenvalue weighted by Crippen LogP contribution is 2.29. The smallest absolute Gasteiger partial charge is 0.312 e. The highest BCUT2D eigenvalue weighted by molar-refractivity contribution is 9.11. The standard InChI is InChI=1S/C11H12Br2O3/c1-11(2,10(14)15)6-16-9-4-3-7(12)5-8(9)13/h3-5H,6H2,1-2H3,(H,14,15). The van der Waals surface area contributed by atoms with Crippen molar-refractivity contribution < 1.29 is 14.6 Å². The van der Waals surface area contributed by atoms with E-state index in [9.17, 15) is 4.79 Å². The first-order valence-corrected chi connectivity index (χ1v) is 6.23. The number of rotatable bonds is 4. The van der Waals surface area contributed by atoms with E-state index in [0.29, 0.717) is 5.75 Å². The van der Waals surface area contributed by atoms with E-state index in [1.54, 1.807) is 19.9 Å². The Hall–Kier alpha value is -0.550. The summed E-state index contributed by atoms with van der Waals surface area (Å²) < 4.78 is 7.20. The van der Waals surface area contributed by atoms with Crippen molar-refractivity contribution in [1.82, 2.24) is 0 Å². The molecule has 0 unspecified atom stereocenters. The van der Waals surface area contributed by atoms with Gasteiger partial charge in [-0.2, -0.15) is 0 Å². The predicted molar refractivity (Wildman–Crippen MR) is 68.8 cm³/mol. The number of hydrogen-bond donors (Lipinski definition) is 1. The van der Waals surface area contributed by atoms with Gasteiger partial charge in [-0.15, -0.1) is 0 Å². The van der Waals surface area contributed by atoms with Gasteiger partial charge in [-0.05, 0) is 48.0 Å². The summed E-state index contributed by atoms with van der Waals surface area (Å²) in [5, 5.41) is 8.93. The third kappa shape index (κ3) is 3.49. The minimum absolute atomic E-state index is 0.128. The van der Waals surface area contributed by atoms with Crippen LogP contribution in [-0.2, 0) is 4.79 Å². The molecule has 3 nitrogen and oxygen atoms in total. The molecular weight excluding hydrogens is 340 g/mol. The summed E-state index contributed by atoms with van der Waals surface area (Å²) in [5.41, 5.74) is -0.896. The Morgan fingerprint density at radius 1 is 1.44 bits per heavy atom. The average molecular weight is 352 g/mol. The minimum atomic E-state index is -0.896. The van der Waals surface area contributed by atoms with E-state index in [0.717, 1.165) is 8.95 Å². The normalized spacial score (nSPS) is 11.2. The minimum Gasteiger partial charge on any atom is -0.491 e. The molecule has 0 radical (unpaired) electrons. The zero-order valence-corrected chi connectivity index (χ0v) is 12.1. The van der Waals surface area contributed by atoms with E-state index in [1.165, 1.54) is 0 Å². The van der Waals surface area contributed by atoms with Crippen LogP contribution in [0.5, 0.6) is 5.75 Å². The van der Waals surface area contributed by atoms with Gasteiger partial charge >= 0.3 is 5.97 Å². The fraction of sp³-hybridized carbons (Fsp3) is 0.364. The Bertz CT molecular complexity index is 402. The second-order valence-corrected chi connectivity index (χ2v) is 5.82. The number of carboxylic acid groups (broad SMARTS) is 1. The van der Waals surface area contributed by atoms with Gasteiger partial charge in [0.15, 0.2) is 0 Å². The van der Waals surface area contributed by atoms with E-state index in [1.807, 2.05) is 12.1 Å². The number of ether oxygens (including phenoxy) is 1. The van der Waals surface area contributed by atoms with E-state index in [-0.39, 0.29) is 6.61 Å². The summed E-state index contributed by atoms with van der Waals surface area (Å²) in [6.07, 6.45) is 0. The third-order valence-corrected chi connectivity index (χ3v) is 3.17. The fourth-order valence-electron chi connectivity index (χ4n) is 0.912. The molecule has 0 saturated carbocycles. The molecular formula is C11H12Br2O3. The van der Waals surface area contributed by atoms with Crippen molar-refractivity contribution in [3.63, 3.8) is 0 Å². The lowest BCUT2D eigenvalue weighted by Gasteiger charge is -2.20. The Morgan fingerprint density at radius 2 is 2.06 bits per heavy atom. The van der Waals surface area contributed by atoms with Crippen molar-refractivity contribution in [3.05, 3.63) is 27.1 Å². The lowest BCUT2D eigenvalue weighted by atomic mass is 9.95. The zero-order valence-electron chi connectivity index (χ0n) is 8.96. The average Bonchev–Trinajstić information content (AvgIpc) is 2.16. The summed E-state index contributed by atoms with van der Waals surface area (Å²) in [4.78, 5) is 10.9. The molecule has 1 aromatic rings. The van der Waals surface area contributed by atoms with Gasteiger partial charge < -0.3 is 9.84 Å². The maximum absolute atomic E-state index is 10.9. The van der Waals surface area contributed by atoms with Crippen molar-refractivity contribution in [2.24, 2.45) is 5.41 Å². The van der Waals surface area contributed by atoms with Gasteiger partial charge in [0.2, 0.25) is 0 Å². The lowest BCUT2D eigenvalue weighted by Crippen LogP contribution is -2.30. The molecule has 1 N–H and O–H groups in total. The Balaban J connectivity index is 2.72. The van der Waals surface area contributed by atoms with Crippen LogP contribution in [-0.4, -0.2) is 17.7 Å². The summed E-state index contributed by atoms with van der Waals surface area (Å²) in [7, 11) is 0. The van der Waals surface area contributed by atoms with E-state index in [4.69, 9.17) is 9.84 Å². The van der Waals surface area contributed by atoms with E-state index in [2.05, 4.69) is 31.9 Å². The SMILES string of the molecule is CC(C)(COc1ccc(Br)cc1Br)C(=O)O. The highest BCUT2D eigenvalue weighted by atomic mass is 79.9. The Morgan fingerprint density at radius 3 is 2.56 bits per heavy atom. The van der Waals surface area contributed by atoms with Crippen LogP contribution in [0.1, 0.15) is 13.8 Å². The van der Waals surface area contributed by atoms with Gasteiger partial charge in [0.1, 0.15) is 12.4 Å². The summed E-state index contributed by atoms with van der Waals surface area (Å²) in [6.45, 7) is 3.38. The molecule has 0 bridgehead atoms. The number of benzene rings is 1. The van der Waals surface area contributed by atoms with Crippen molar-refractivity contribution >= 4 is 37.8 Å². The first-order chi connectivity index (χ1) is 7.33. The molecule has 0 aliphatic carbocycles. The third-order valence-electron chi connectivity index (χ3n) is 2.06. The molecule has 0 aliphatic rings. The number of halogens is 2. The van der Waals surface area contributed by atoms with Gasteiger partial charge in [0.05, 0.1) is 9.89 Å². The fourth-order valence-corrected chi connectivity index (χ4v) is 2.07. The van der Waals surface area contributed by atoms with Gasteiger partial charge in [-0.1, -0.05) is 15.9 Å². The van der Waals surface area contributed by atoms with Crippen LogP contribution in [0.15, 0.2) is 27.1 Å². The number of carbonyl (C=O) groups is 1. The molecule has 0 spiro atoms. The largest absolute Gasteiger partial charge is 0.491 e. The van der Waals surface area contributed by atoms with Crippen LogP contribution < -0.4 is 4.74 Å². The van der Waals surface area contributed by atoms with Crippen LogP contribution in [0.3, 0.4) is 0 Å². The number of hydrogen-bond acceptors (Lipinski definition) is 2. The quantitative estimate of drug-likeness (QED) is 0.899. The van der Waals surface area contributed by atoms with Crippen LogP contribution >= 0.6 is 31.9 Å². The van der Waals surface area contributed by atoms with Crippen LogP contribution in [0.25, 0.3) is 0 Å². The Kier molecular flexibility index (Phi) is 4.38. The molecule has 0 heterocycles. The van der Waals surface area contributed by atoms with Gasteiger partial charge in [0.25, 0.3) is 0 Å². The molecule has 5 heteroatoms. The molecule has 0 aromatic heterocycles. The maximum atomic E-state index is 10.9. The highest BCUT2D eigenvalue weighted by Gasteiger charge is 2.28. The molecule has 16 heavy (non-hydrogen) atoms. The van der Waals surface area contributed by atoms with Crippen LogP contribution in [0.4, 0.5) is 0 Å². The topological polar surface area (TPSA) is 46.5 Å². The van der Waals surface area contributed by atoms with Crippen molar-refractivity contribution in [2.75, 3.05) is 6.61 Å². The van der Waals surface area contributed by atoms with E-state index < -0.39 is 11.4 Å². The number of carboxylic acids is 1. The molecule has 88 valence electrons. The Labute approximate surface area is 111 Å². The first kappa shape index (κ1) is 13.5. The molecule has 0 amide bonds. The summed E-state index contributed by atoms with van der Waals surface area (Å²) in [6, 6.07) is 5.48. The lowest BCUT2D eigenvalue weighted by molar-refractivity contribution is -0.148. The van der Waals surface area contributed by atoms with Crippen molar-refractivity contribution in [2.45, 2.75) is 13.8 Å². The zero-order chi connectivity index (χ0) is 12.3. The molecule has 0 fully saturated rings. The molecule has 1 aromatic carbocycles. The monoisotopic (exact) mass is 350 g/mol. The second-order valence-electron chi connectivity index (χ2n) is 4.05. The first-order valence-electron chi connectivity index (χ1n) is 4.64. The second kappa shape index (κ2) is 5.19. The summed E-state index contributed by atoms with van der Waals surface area (Å²) >= 11 is 6.68. The molecule has 0 aliphatic heterocycles. The van der Waals surface area contributed by atoms with Gasteiger partial charge in [-0.25, -0.2) is 0 Å². The molecule has 0 saturated heterocycles. The van der Waals surface area contributed by atoms with Crippen molar-refractivity contribution in [1.29, 1.82) is 0 Å². The number of aliphatic carboxylic acids is 1. The predicted octanol–water partition coefficient (Wildman–Crippen LogP) is 3.70. The molecule has 1 rings (SSSR count). The van der Waals surface area contributed by atoms with Crippen LogP contribution in [0, 0.1) is 5.41 Å². The van der Waals surface area contributed by atoms with Crippen LogP contribution in [0.2, 0.25) is 0 Å². The maximum Gasteiger partial charge on any atom is 0.312 e. The van der Waals surface area contributed by atoms with Gasteiger partial charge in [0, 0.05) is 4.47 Å². The summed E-state index contributed by atoms with van der Waals surface area (Å²) in [5.74, 6) is -0.238. The van der Waals surface area contributed by atoms with E-state index >= 15 is 0 Å². The van der Waals surface area contributed by atoms with Crippen molar-refractivity contribution in [3.8, 4) is 5.75 Å². The van der Waals surface area contributed by atoms with Gasteiger partial charge in [-0.3, -0.25) is 4.79 Å². The molecule has 0 atom stereocenters.